The van der Waals surface area contributed by atoms with Gasteiger partial charge in [0.2, 0.25) is 0 Å². The SMILES string of the molecule is CCOC(C(NC)c1cnn(C)c1)C(C)(C)C. The van der Waals surface area contributed by atoms with Gasteiger partial charge in [-0.3, -0.25) is 4.68 Å². The van der Waals surface area contributed by atoms with Crippen molar-refractivity contribution in [3.8, 4) is 0 Å². The predicted molar refractivity (Wildman–Crippen MR) is 69.9 cm³/mol. The third-order valence-electron chi connectivity index (χ3n) is 2.90. The Hall–Kier alpha value is -0.870. The number of hydrogen-bond donors (Lipinski definition) is 1. The molecule has 2 atom stereocenters. The highest BCUT2D eigenvalue weighted by Crippen LogP contribution is 2.32. The van der Waals surface area contributed by atoms with Crippen molar-refractivity contribution in [1.29, 1.82) is 0 Å². The molecular formula is C13H25N3O. The standard InChI is InChI=1S/C13H25N3O/c1-7-17-12(13(2,3)4)11(14-5)10-8-15-16(6)9-10/h8-9,11-12,14H,7H2,1-6H3. The summed E-state index contributed by atoms with van der Waals surface area (Å²) in [6, 6.07) is 0.170. The van der Waals surface area contributed by atoms with Gasteiger partial charge >= 0.3 is 0 Å². The summed E-state index contributed by atoms with van der Waals surface area (Å²) < 4.78 is 7.75. The maximum atomic E-state index is 5.92. The second kappa shape index (κ2) is 5.65. The average molecular weight is 239 g/mol. The van der Waals surface area contributed by atoms with E-state index >= 15 is 0 Å². The molecular weight excluding hydrogens is 214 g/mol. The lowest BCUT2D eigenvalue weighted by Crippen LogP contribution is -2.40. The van der Waals surface area contributed by atoms with Gasteiger partial charge in [-0.15, -0.1) is 0 Å². The quantitative estimate of drug-likeness (QED) is 0.855. The highest BCUT2D eigenvalue weighted by Gasteiger charge is 2.33. The van der Waals surface area contributed by atoms with Gasteiger partial charge < -0.3 is 10.1 Å². The van der Waals surface area contributed by atoms with Gasteiger partial charge in [0, 0.05) is 25.4 Å². The van der Waals surface area contributed by atoms with Crippen LogP contribution in [0.3, 0.4) is 0 Å². The molecule has 2 unspecified atom stereocenters. The second-order valence-electron chi connectivity index (χ2n) is 5.46. The van der Waals surface area contributed by atoms with Gasteiger partial charge in [0.1, 0.15) is 0 Å². The summed E-state index contributed by atoms with van der Waals surface area (Å²) in [7, 11) is 3.90. The molecule has 0 aliphatic carbocycles. The van der Waals surface area contributed by atoms with Crippen molar-refractivity contribution in [1.82, 2.24) is 15.1 Å². The molecule has 0 spiro atoms. The van der Waals surface area contributed by atoms with E-state index in [1.54, 1.807) is 0 Å². The van der Waals surface area contributed by atoms with Crippen LogP contribution in [0.15, 0.2) is 12.4 Å². The van der Waals surface area contributed by atoms with Crippen LogP contribution in [0.5, 0.6) is 0 Å². The van der Waals surface area contributed by atoms with E-state index < -0.39 is 0 Å². The molecule has 0 saturated carbocycles. The molecule has 98 valence electrons. The summed E-state index contributed by atoms with van der Waals surface area (Å²) in [6.07, 6.45) is 4.07. The first-order valence-corrected chi connectivity index (χ1v) is 6.17. The van der Waals surface area contributed by atoms with Gasteiger partial charge in [-0.2, -0.15) is 5.10 Å². The van der Waals surface area contributed by atoms with Crippen molar-refractivity contribution in [2.75, 3.05) is 13.7 Å². The molecule has 17 heavy (non-hydrogen) atoms. The molecule has 0 amide bonds. The van der Waals surface area contributed by atoms with Gasteiger partial charge in [-0.1, -0.05) is 20.8 Å². The summed E-state index contributed by atoms with van der Waals surface area (Å²) in [5.74, 6) is 0. The molecule has 0 aromatic carbocycles. The zero-order valence-electron chi connectivity index (χ0n) is 11.8. The lowest BCUT2D eigenvalue weighted by Gasteiger charge is -2.36. The topological polar surface area (TPSA) is 39.1 Å². The van der Waals surface area contributed by atoms with E-state index in [1.165, 1.54) is 5.56 Å². The number of hydrogen-bond acceptors (Lipinski definition) is 3. The molecule has 1 aromatic heterocycles. The summed E-state index contributed by atoms with van der Waals surface area (Å²) in [5, 5.41) is 7.58. The number of aryl methyl sites for hydroxylation is 1. The third-order valence-corrected chi connectivity index (χ3v) is 2.90. The van der Waals surface area contributed by atoms with Crippen molar-refractivity contribution in [2.45, 2.75) is 39.8 Å². The van der Waals surface area contributed by atoms with Crippen molar-refractivity contribution in [2.24, 2.45) is 12.5 Å². The summed E-state index contributed by atoms with van der Waals surface area (Å²) in [5.41, 5.74) is 1.25. The Morgan fingerprint density at radius 1 is 1.47 bits per heavy atom. The first-order valence-electron chi connectivity index (χ1n) is 6.17. The molecule has 0 radical (unpaired) electrons. The maximum Gasteiger partial charge on any atom is 0.0818 e. The normalized spacial score (nSPS) is 15.9. The molecule has 4 nitrogen and oxygen atoms in total. The van der Waals surface area contributed by atoms with E-state index in [-0.39, 0.29) is 17.6 Å². The predicted octanol–water partition coefficient (Wildman–Crippen LogP) is 2.13. The summed E-state index contributed by atoms with van der Waals surface area (Å²) in [4.78, 5) is 0. The fourth-order valence-electron chi connectivity index (χ4n) is 2.12. The maximum absolute atomic E-state index is 5.92. The Labute approximate surface area is 104 Å². The molecule has 0 aliphatic rings. The van der Waals surface area contributed by atoms with E-state index in [0.29, 0.717) is 0 Å². The Morgan fingerprint density at radius 3 is 2.47 bits per heavy atom. The van der Waals surface area contributed by atoms with Gasteiger partial charge in [-0.05, 0) is 19.4 Å². The van der Waals surface area contributed by atoms with Gasteiger partial charge in [0.25, 0.3) is 0 Å². The molecule has 4 heteroatoms. The lowest BCUT2D eigenvalue weighted by atomic mass is 9.82. The zero-order valence-corrected chi connectivity index (χ0v) is 11.8. The Bertz CT molecular complexity index is 341. The largest absolute Gasteiger partial charge is 0.376 e. The minimum atomic E-state index is 0.0829. The van der Waals surface area contributed by atoms with Crippen molar-refractivity contribution < 1.29 is 4.74 Å². The van der Waals surface area contributed by atoms with Crippen LogP contribution >= 0.6 is 0 Å². The fourth-order valence-corrected chi connectivity index (χ4v) is 2.12. The Balaban J connectivity index is 2.97. The minimum Gasteiger partial charge on any atom is -0.376 e. The number of nitrogens with zero attached hydrogens (tertiary/aromatic N) is 2. The van der Waals surface area contributed by atoms with Crippen LogP contribution in [0.25, 0.3) is 0 Å². The monoisotopic (exact) mass is 239 g/mol. The van der Waals surface area contributed by atoms with Crippen molar-refractivity contribution in [3.63, 3.8) is 0 Å². The van der Waals surface area contributed by atoms with E-state index in [1.807, 2.05) is 38.1 Å². The van der Waals surface area contributed by atoms with E-state index in [9.17, 15) is 0 Å². The van der Waals surface area contributed by atoms with Gasteiger partial charge in [0.15, 0.2) is 0 Å². The van der Waals surface area contributed by atoms with E-state index in [4.69, 9.17) is 4.74 Å². The molecule has 1 aromatic rings. The minimum absolute atomic E-state index is 0.0829. The molecule has 1 N–H and O–H groups in total. The number of rotatable bonds is 5. The Morgan fingerprint density at radius 2 is 2.12 bits per heavy atom. The second-order valence-corrected chi connectivity index (χ2v) is 5.46. The lowest BCUT2D eigenvalue weighted by molar-refractivity contribution is -0.0351. The highest BCUT2D eigenvalue weighted by molar-refractivity contribution is 5.13. The summed E-state index contributed by atoms with van der Waals surface area (Å²) >= 11 is 0. The van der Waals surface area contributed by atoms with Crippen LogP contribution in [-0.2, 0) is 11.8 Å². The van der Waals surface area contributed by atoms with Gasteiger partial charge in [0.05, 0.1) is 18.3 Å². The van der Waals surface area contributed by atoms with Crippen LogP contribution in [-0.4, -0.2) is 29.5 Å². The number of ether oxygens (including phenoxy) is 1. The molecule has 1 rings (SSSR count). The molecule has 0 bridgehead atoms. The van der Waals surface area contributed by atoms with Crippen molar-refractivity contribution >= 4 is 0 Å². The van der Waals surface area contributed by atoms with Crippen LogP contribution in [0.2, 0.25) is 0 Å². The molecule has 0 fully saturated rings. The van der Waals surface area contributed by atoms with Crippen LogP contribution in [0, 0.1) is 5.41 Å². The molecule has 0 saturated heterocycles. The number of likely N-dealkylation sites (N-methyl/N-ethyl adjacent to an activating group) is 1. The molecule has 1 heterocycles. The van der Waals surface area contributed by atoms with Crippen LogP contribution in [0.4, 0.5) is 0 Å². The number of aromatic nitrogens is 2. The fraction of sp³-hybridized carbons (Fsp3) is 0.769. The first kappa shape index (κ1) is 14.2. The zero-order chi connectivity index (χ0) is 13.1. The Kier molecular flexibility index (Phi) is 4.71. The van der Waals surface area contributed by atoms with Crippen LogP contribution in [0.1, 0.15) is 39.3 Å². The highest BCUT2D eigenvalue weighted by atomic mass is 16.5. The first-order chi connectivity index (χ1) is 7.90. The number of nitrogens with one attached hydrogen (secondary N) is 1. The summed E-state index contributed by atoms with van der Waals surface area (Å²) in [6.45, 7) is 9.37. The van der Waals surface area contributed by atoms with Crippen molar-refractivity contribution in [3.05, 3.63) is 18.0 Å². The van der Waals surface area contributed by atoms with E-state index in [0.717, 1.165) is 6.61 Å². The van der Waals surface area contributed by atoms with Crippen LogP contribution < -0.4 is 5.32 Å². The average Bonchev–Trinajstić information content (AvgIpc) is 2.63. The van der Waals surface area contributed by atoms with Gasteiger partial charge in [-0.25, -0.2) is 0 Å². The smallest absolute Gasteiger partial charge is 0.0818 e. The molecule has 0 aliphatic heterocycles. The third kappa shape index (κ3) is 3.54. The van der Waals surface area contributed by atoms with E-state index in [2.05, 4.69) is 31.2 Å².